The van der Waals surface area contributed by atoms with E-state index in [0.717, 1.165) is 5.56 Å². The van der Waals surface area contributed by atoms with Crippen molar-refractivity contribution in [3.05, 3.63) is 35.4 Å². The van der Waals surface area contributed by atoms with Crippen LogP contribution in [0, 0.1) is 19.3 Å². The minimum Gasteiger partial charge on any atom is -0.507 e. The smallest absolute Gasteiger partial charge is 0.239 e. The van der Waals surface area contributed by atoms with Gasteiger partial charge in [-0.3, -0.25) is 4.79 Å². The summed E-state index contributed by atoms with van der Waals surface area (Å²) in [6.07, 6.45) is 5.31. The van der Waals surface area contributed by atoms with Crippen molar-refractivity contribution in [2.24, 2.45) is 0 Å². The van der Waals surface area contributed by atoms with Gasteiger partial charge in [0.1, 0.15) is 5.75 Å². The third-order valence-corrected chi connectivity index (χ3v) is 3.51. The van der Waals surface area contributed by atoms with Crippen molar-refractivity contribution in [2.45, 2.75) is 26.4 Å². The quantitative estimate of drug-likeness (QED) is 0.585. The van der Waals surface area contributed by atoms with Crippen molar-refractivity contribution < 1.29 is 15.0 Å². The van der Waals surface area contributed by atoms with Gasteiger partial charge in [0.25, 0.3) is 0 Å². The molecule has 2 rings (SSSR count). The maximum Gasteiger partial charge on any atom is 0.239 e. The molecule has 0 aliphatic rings. The molecule has 136 valence electrons. The van der Waals surface area contributed by atoms with Crippen molar-refractivity contribution >= 4 is 11.7 Å². The van der Waals surface area contributed by atoms with Gasteiger partial charge >= 0.3 is 0 Å². The Bertz CT molecular complexity index is 851. The normalized spacial score (nSPS) is 11.0. The number of carbonyl (C=O) groups excluding carboxylic acids is 1. The summed E-state index contributed by atoms with van der Waals surface area (Å²) in [5.74, 6) is 2.48. The highest BCUT2D eigenvalue weighted by Crippen LogP contribution is 2.30. The van der Waals surface area contributed by atoms with Crippen molar-refractivity contribution in [2.75, 3.05) is 18.4 Å². The van der Waals surface area contributed by atoms with Crippen LogP contribution in [0.4, 0.5) is 5.82 Å². The second-order valence-electron chi connectivity index (χ2n) is 6.60. The molecule has 0 saturated heterocycles. The lowest BCUT2D eigenvalue weighted by Gasteiger charge is -2.17. The highest BCUT2D eigenvalue weighted by molar-refractivity contribution is 5.91. The summed E-state index contributed by atoms with van der Waals surface area (Å²) in [5, 5.41) is 33.3. The minimum absolute atomic E-state index is 0.0189. The molecule has 4 N–H and O–H groups in total. The molecule has 26 heavy (non-hydrogen) atoms. The molecule has 7 nitrogen and oxygen atoms in total. The van der Waals surface area contributed by atoms with E-state index < -0.39 is 5.60 Å². The number of aryl methyl sites for hydroxylation is 1. The number of nitrogens with one attached hydrogen (secondary N) is 2. The number of anilines is 1. The summed E-state index contributed by atoms with van der Waals surface area (Å²) in [7, 11) is 0. The SMILES string of the molecule is C#Cc1ccc(-c2nnc(NC(=O)CNCC(C)(C)O)cc2C)c(O)c1. The van der Waals surface area contributed by atoms with E-state index in [1.165, 1.54) is 6.07 Å². The first kappa shape index (κ1) is 19.4. The van der Waals surface area contributed by atoms with E-state index >= 15 is 0 Å². The number of terminal acetylenes is 1. The van der Waals surface area contributed by atoms with Crippen LogP contribution in [0.25, 0.3) is 11.3 Å². The van der Waals surface area contributed by atoms with Gasteiger partial charge in [-0.05, 0) is 50.6 Å². The minimum atomic E-state index is -0.894. The van der Waals surface area contributed by atoms with Crippen LogP contribution in [0.15, 0.2) is 24.3 Å². The predicted molar refractivity (Wildman–Crippen MR) is 99.6 cm³/mol. The molecular formula is C19H22N4O3. The highest BCUT2D eigenvalue weighted by Gasteiger charge is 2.14. The number of nitrogens with zero attached hydrogens (tertiary/aromatic N) is 2. The first-order valence-electron chi connectivity index (χ1n) is 8.07. The zero-order chi connectivity index (χ0) is 19.3. The molecular weight excluding hydrogens is 332 g/mol. The van der Waals surface area contributed by atoms with Gasteiger partial charge < -0.3 is 20.8 Å². The lowest BCUT2D eigenvalue weighted by molar-refractivity contribution is -0.115. The van der Waals surface area contributed by atoms with Crippen molar-refractivity contribution in [1.82, 2.24) is 15.5 Å². The standard InChI is InChI=1S/C19H22N4O3/c1-5-13-6-7-14(15(24)9-13)18-12(2)8-16(22-23-18)21-17(25)10-20-11-19(3,4)26/h1,6-9,20,24,26H,10-11H2,2-4H3,(H,21,22,25). The average molecular weight is 354 g/mol. The van der Waals surface area contributed by atoms with E-state index in [1.54, 1.807) is 39.0 Å². The van der Waals surface area contributed by atoms with Crippen molar-refractivity contribution in [3.63, 3.8) is 0 Å². The van der Waals surface area contributed by atoms with Crippen molar-refractivity contribution in [3.8, 4) is 29.4 Å². The summed E-state index contributed by atoms with van der Waals surface area (Å²) in [6, 6.07) is 6.55. The van der Waals surface area contributed by atoms with Crippen LogP contribution in [-0.2, 0) is 4.79 Å². The number of carbonyl (C=O) groups is 1. The number of amides is 1. The molecule has 0 aliphatic heterocycles. The number of phenolic OH excluding ortho intramolecular Hbond substituents is 1. The lowest BCUT2D eigenvalue weighted by atomic mass is 10.0. The van der Waals surface area contributed by atoms with Gasteiger partial charge in [0.2, 0.25) is 5.91 Å². The maximum atomic E-state index is 11.9. The maximum absolute atomic E-state index is 11.9. The number of benzene rings is 1. The van der Waals surface area contributed by atoms with Gasteiger partial charge in [-0.15, -0.1) is 16.6 Å². The monoisotopic (exact) mass is 354 g/mol. The number of phenols is 1. The number of hydrogen-bond donors (Lipinski definition) is 4. The van der Waals surface area contributed by atoms with Crippen LogP contribution in [0.1, 0.15) is 25.0 Å². The topological polar surface area (TPSA) is 107 Å². The number of rotatable bonds is 6. The Morgan fingerprint density at radius 2 is 2.04 bits per heavy atom. The molecule has 0 atom stereocenters. The van der Waals surface area contributed by atoms with Gasteiger partial charge in [-0.2, -0.15) is 0 Å². The summed E-state index contributed by atoms with van der Waals surface area (Å²) < 4.78 is 0. The molecule has 1 aromatic heterocycles. The van der Waals surface area contributed by atoms with E-state index in [-0.39, 0.29) is 24.7 Å². The summed E-state index contributed by atoms with van der Waals surface area (Å²) >= 11 is 0. The van der Waals surface area contributed by atoms with E-state index in [1.807, 2.05) is 0 Å². The third-order valence-electron chi connectivity index (χ3n) is 3.51. The highest BCUT2D eigenvalue weighted by atomic mass is 16.3. The molecule has 0 aliphatic carbocycles. The molecule has 0 saturated carbocycles. The summed E-state index contributed by atoms with van der Waals surface area (Å²) in [5.41, 5.74) is 1.43. The Balaban J connectivity index is 2.08. The molecule has 1 heterocycles. The molecule has 0 unspecified atom stereocenters. The molecule has 0 radical (unpaired) electrons. The van der Waals surface area contributed by atoms with E-state index in [2.05, 4.69) is 26.8 Å². The van der Waals surface area contributed by atoms with Crippen LogP contribution < -0.4 is 10.6 Å². The fourth-order valence-electron chi connectivity index (χ4n) is 2.30. The number of aliphatic hydroxyl groups is 1. The van der Waals surface area contributed by atoms with Crippen molar-refractivity contribution in [1.29, 1.82) is 0 Å². The Hall–Kier alpha value is -2.95. The van der Waals surface area contributed by atoms with E-state index in [9.17, 15) is 15.0 Å². The van der Waals surface area contributed by atoms with Crippen LogP contribution in [0.5, 0.6) is 5.75 Å². The first-order valence-corrected chi connectivity index (χ1v) is 8.07. The predicted octanol–water partition coefficient (Wildman–Crippen LogP) is 1.44. The van der Waals surface area contributed by atoms with Crippen LogP contribution in [0.3, 0.4) is 0 Å². The number of aromatic hydroxyl groups is 1. The Morgan fingerprint density at radius 3 is 2.62 bits per heavy atom. The fraction of sp³-hybridized carbons (Fsp3) is 0.316. The summed E-state index contributed by atoms with van der Waals surface area (Å²) in [4.78, 5) is 11.9. The molecule has 1 aromatic carbocycles. The van der Waals surface area contributed by atoms with Crippen LogP contribution >= 0.6 is 0 Å². The average Bonchev–Trinajstić information content (AvgIpc) is 2.54. The van der Waals surface area contributed by atoms with Crippen LogP contribution in [-0.4, -0.2) is 45.0 Å². The zero-order valence-electron chi connectivity index (χ0n) is 15.0. The number of hydrogen-bond acceptors (Lipinski definition) is 6. The molecule has 1 amide bonds. The Labute approximate surface area is 152 Å². The van der Waals surface area contributed by atoms with Gasteiger partial charge in [-0.1, -0.05) is 5.92 Å². The van der Waals surface area contributed by atoms with Gasteiger partial charge in [0, 0.05) is 17.7 Å². The summed E-state index contributed by atoms with van der Waals surface area (Å²) in [6.45, 7) is 5.44. The molecule has 2 aromatic rings. The molecule has 0 spiro atoms. The van der Waals surface area contributed by atoms with E-state index in [0.29, 0.717) is 22.6 Å². The molecule has 7 heteroatoms. The largest absolute Gasteiger partial charge is 0.507 e. The van der Waals surface area contributed by atoms with E-state index in [4.69, 9.17) is 6.42 Å². The Morgan fingerprint density at radius 1 is 1.31 bits per heavy atom. The Kier molecular flexibility index (Phi) is 5.93. The third kappa shape index (κ3) is 5.28. The van der Waals surface area contributed by atoms with Crippen LogP contribution in [0.2, 0.25) is 0 Å². The first-order chi connectivity index (χ1) is 12.2. The molecule has 0 fully saturated rings. The van der Waals surface area contributed by atoms with Gasteiger partial charge in [0.05, 0.1) is 17.8 Å². The fourth-order valence-corrected chi connectivity index (χ4v) is 2.30. The second-order valence-corrected chi connectivity index (χ2v) is 6.60. The lowest BCUT2D eigenvalue weighted by Crippen LogP contribution is -2.38. The zero-order valence-corrected chi connectivity index (χ0v) is 15.0. The van der Waals surface area contributed by atoms with Gasteiger partial charge in [0.15, 0.2) is 5.82 Å². The van der Waals surface area contributed by atoms with Gasteiger partial charge in [-0.25, -0.2) is 0 Å². The second kappa shape index (κ2) is 7.95. The molecule has 0 bridgehead atoms. The number of aromatic nitrogens is 2.